The molecule has 2 rings (SSSR count). The van der Waals surface area contributed by atoms with Crippen molar-refractivity contribution >= 4 is 10.8 Å². The molecule has 0 fully saturated rings. The van der Waals surface area contributed by atoms with Crippen LogP contribution in [0.5, 0.6) is 0 Å². The van der Waals surface area contributed by atoms with E-state index in [0.29, 0.717) is 11.1 Å². The summed E-state index contributed by atoms with van der Waals surface area (Å²) in [5.74, 6) is -1.55. The highest BCUT2D eigenvalue weighted by Gasteiger charge is 2.57. The molecule has 0 aliphatic heterocycles. The number of hydrogen-bond acceptors (Lipinski definition) is 2. The first-order valence-corrected chi connectivity index (χ1v) is 10.1. The van der Waals surface area contributed by atoms with Gasteiger partial charge in [-0.3, -0.25) is 4.21 Å². The van der Waals surface area contributed by atoms with Crippen LogP contribution in [0.1, 0.15) is 37.0 Å². The van der Waals surface area contributed by atoms with Crippen LogP contribution >= 0.6 is 0 Å². The Morgan fingerprint density at radius 2 is 1.57 bits per heavy atom. The first-order chi connectivity index (χ1) is 12.7. The number of benzene rings is 2. The van der Waals surface area contributed by atoms with Gasteiger partial charge in [0, 0.05) is 4.90 Å². The molecule has 7 heteroatoms. The van der Waals surface area contributed by atoms with Crippen molar-refractivity contribution in [3.05, 3.63) is 65.0 Å². The maximum Gasteiger partial charge on any atom is 0.418 e. The Bertz CT molecular complexity index is 860. The van der Waals surface area contributed by atoms with Gasteiger partial charge < -0.3 is 5.11 Å². The normalized spacial score (nSPS) is 15.9. The molecule has 0 radical (unpaired) electrons. The Hall–Kier alpha value is -1.73. The molecule has 0 spiro atoms. The summed E-state index contributed by atoms with van der Waals surface area (Å²) >= 11 is 0. The lowest BCUT2D eigenvalue weighted by Gasteiger charge is -2.38. The van der Waals surface area contributed by atoms with Crippen molar-refractivity contribution in [1.82, 2.24) is 0 Å². The van der Waals surface area contributed by atoms with Gasteiger partial charge in [-0.05, 0) is 61.1 Å². The molecule has 0 bridgehead atoms. The number of rotatable bonds is 6. The predicted octanol–water partition coefficient (Wildman–Crippen LogP) is 5.21. The van der Waals surface area contributed by atoms with Gasteiger partial charge in [0.2, 0.25) is 0 Å². The minimum Gasteiger partial charge on any atom is -0.380 e. The summed E-state index contributed by atoms with van der Waals surface area (Å²) in [6.07, 6.45) is -5.74. The van der Waals surface area contributed by atoms with Gasteiger partial charge in [0.1, 0.15) is 5.82 Å². The van der Waals surface area contributed by atoms with Crippen LogP contribution in [0.4, 0.5) is 17.6 Å². The fraction of sp³-hybridized carbons (Fsp3) is 0.429. The Balaban J connectivity index is 2.38. The van der Waals surface area contributed by atoms with E-state index in [1.165, 1.54) is 44.2 Å². The van der Waals surface area contributed by atoms with Crippen LogP contribution in [-0.2, 0) is 16.2 Å². The van der Waals surface area contributed by atoms with E-state index in [9.17, 15) is 26.9 Å². The van der Waals surface area contributed by atoms with Crippen molar-refractivity contribution in [1.29, 1.82) is 0 Å². The third kappa shape index (κ3) is 5.00. The van der Waals surface area contributed by atoms with Gasteiger partial charge in [0.25, 0.3) is 0 Å². The average Bonchev–Trinajstić information content (AvgIpc) is 2.56. The van der Waals surface area contributed by atoms with Crippen LogP contribution in [0.3, 0.4) is 0 Å². The third-order valence-corrected chi connectivity index (χ3v) is 6.38. The molecule has 0 saturated carbocycles. The fourth-order valence-corrected chi connectivity index (χ4v) is 4.68. The van der Waals surface area contributed by atoms with Crippen molar-refractivity contribution in [2.24, 2.45) is 0 Å². The molecule has 0 aliphatic rings. The standard InChI is InChI=1S/C21H24F4O2S/c1-14-5-9-17(10-6-14)28(27)13-20(26,21(23,24)25)12-19(3,4)18-11-16(22)8-7-15(18)2/h5-11,26H,12-13H2,1-4H3/t20-,28?/m1/s1. The van der Waals surface area contributed by atoms with Gasteiger partial charge in [0.05, 0.1) is 16.6 Å². The fourth-order valence-electron chi connectivity index (χ4n) is 3.37. The van der Waals surface area contributed by atoms with E-state index in [-0.39, 0.29) is 4.90 Å². The second kappa shape index (κ2) is 7.95. The van der Waals surface area contributed by atoms with Crippen LogP contribution < -0.4 is 0 Å². The second-order valence-electron chi connectivity index (χ2n) is 7.85. The van der Waals surface area contributed by atoms with Crippen LogP contribution in [0, 0.1) is 19.7 Å². The maximum absolute atomic E-state index is 13.8. The van der Waals surface area contributed by atoms with E-state index >= 15 is 0 Å². The topological polar surface area (TPSA) is 37.3 Å². The Labute approximate surface area is 165 Å². The molecule has 2 atom stereocenters. The third-order valence-electron chi connectivity index (χ3n) is 4.84. The Morgan fingerprint density at radius 3 is 2.11 bits per heavy atom. The molecule has 2 nitrogen and oxygen atoms in total. The first kappa shape index (κ1) is 22.6. The molecule has 1 N–H and O–H groups in total. The Morgan fingerprint density at radius 1 is 1.00 bits per heavy atom. The molecule has 1 unspecified atom stereocenters. The van der Waals surface area contributed by atoms with Gasteiger partial charge in [-0.1, -0.05) is 37.6 Å². The minimum absolute atomic E-state index is 0.216. The minimum atomic E-state index is -4.99. The van der Waals surface area contributed by atoms with Gasteiger partial charge in [-0.25, -0.2) is 4.39 Å². The predicted molar refractivity (Wildman–Crippen MR) is 102 cm³/mol. The zero-order valence-electron chi connectivity index (χ0n) is 16.2. The number of aliphatic hydroxyl groups is 1. The lowest BCUT2D eigenvalue weighted by atomic mass is 9.74. The molecular weight excluding hydrogens is 392 g/mol. The molecule has 2 aromatic rings. The molecule has 0 saturated heterocycles. The summed E-state index contributed by atoms with van der Waals surface area (Å²) in [7, 11) is -2.05. The number of halogens is 4. The summed E-state index contributed by atoms with van der Waals surface area (Å²) in [4.78, 5) is 0.216. The largest absolute Gasteiger partial charge is 0.418 e. The summed E-state index contributed by atoms with van der Waals surface area (Å²) < 4.78 is 67.7. The molecule has 0 amide bonds. The zero-order valence-corrected chi connectivity index (χ0v) is 17.0. The van der Waals surface area contributed by atoms with Gasteiger partial charge in [-0.2, -0.15) is 13.2 Å². The van der Waals surface area contributed by atoms with E-state index in [1.54, 1.807) is 19.1 Å². The van der Waals surface area contributed by atoms with E-state index in [0.717, 1.165) is 5.56 Å². The highest BCUT2D eigenvalue weighted by Crippen LogP contribution is 2.43. The summed E-state index contributed by atoms with van der Waals surface area (Å²) in [5.41, 5.74) is -2.51. The summed E-state index contributed by atoms with van der Waals surface area (Å²) in [5, 5.41) is 10.6. The monoisotopic (exact) mass is 416 g/mol. The van der Waals surface area contributed by atoms with Crippen LogP contribution in [-0.4, -0.2) is 26.8 Å². The number of alkyl halides is 3. The second-order valence-corrected chi connectivity index (χ2v) is 9.30. The zero-order chi connectivity index (χ0) is 21.3. The molecule has 2 aromatic carbocycles. The van der Waals surface area contributed by atoms with Crippen LogP contribution in [0.2, 0.25) is 0 Å². The van der Waals surface area contributed by atoms with E-state index in [1.807, 2.05) is 6.92 Å². The number of hydrogen-bond donors (Lipinski definition) is 1. The van der Waals surface area contributed by atoms with E-state index < -0.39 is 46.0 Å². The quantitative estimate of drug-likeness (QED) is 0.657. The first-order valence-electron chi connectivity index (χ1n) is 8.76. The maximum atomic E-state index is 13.8. The van der Waals surface area contributed by atoms with Crippen molar-refractivity contribution in [3.8, 4) is 0 Å². The van der Waals surface area contributed by atoms with Crippen LogP contribution in [0.25, 0.3) is 0 Å². The average molecular weight is 416 g/mol. The molecule has 0 aliphatic carbocycles. The lowest BCUT2D eigenvalue weighted by Crippen LogP contribution is -2.53. The van der Waals surface area contributed by atoms with E-state index in [2.05, 4.69) is 0 Å². The molecular formula is C21H24F4O2S. The molecule has 154 valence electrons. The lowest BCUT2D eigenvalue weighted by molar-refractivity contribution is -0.257. The summed E-state index contributed by atoms with van der Waals surface area (Å²) in [6.45, 7) is 6.51. The van der Waals surface area contributed by atoms with Gasteiger partial charge >= 0.3 is 6.18 Å². The Kier molecular flexibility index (Phi) is 6.40. The molecule has 0 aromatic heterocycles. The SMILES string of the molecule is Cc1ccc(S(=O)C[C@](O)(CC(C)(C)c2cc(F)ccc2C)C(F)(F)F)cc1. The van der Waals surface area contributed by atoms with Gasteiger partial charge in [-0.15, -0.1) is 0 Å². The van der Waals surface area contributed by atoms with Crippen molar-refractivity contribution in [2.75, 3.05) is 5.75 Å². The van der Waals surface area contributed by atoms with Crippen LogP contribution in [0.15, 0.2) is 47.4 Å². The number of aryl methyl sites for hydroxylation is 2. The highest BCUT2D eigenvalue weighted by atomic mass is 32.2. The smallest absolute Gasteiger partial charge is 0.380 e. The highest BCUT2D eigenvalue weighted by molar-refractivity contribution is 7.85. The molecule has 0 heterocycles. The van der Waals surface area contributed by atoms with Crippen molar-refractivity contribution < 1.29 is 26.9 Å². The van der Waals surface area contributed by atoms with Crippen molar-refractivity contribution in [3.63, 3.8) is 0 Å². The molecule has 28 heavy (non-hydrogen) atoms. The van der Waals surface area contributed by atoms with E-state index in [4.69, 9.17) is 0 Å². The summed E-state index contributed by atoms with van der Waals surface area (Å²) in [6, 6.07) is 10.2. The van der Waals surface area contributed by atoms with Crippen molar-refractivity contribution in [2.45, 2.75) is 56.2 Å². The van der Waals surface area contributed by atoms with Gasteiger partial charge in [0.15, 0.2) is 5.60 Å².